The van der Waals surface area contributed by atoms with Crippen LogP contribution in [0.5, 0.6) is 0 Å². The Labute approximate surface area is 94.3 Å². The lowest BCUT2D eigenvalue weighted by atomic mass is 9.92. The van der Waals surface area contributed by atoms with Gasteiger partial charge in [0.05, 0.1) is 0 Å². The minimum absolute atomic E-state index is 0.173. The second-order valence-corrected chi connectivity index (χ2v) is 5.30. The van der Waals surface area contributed by atoms with Crippen LogP contribution >= 0.6 is 11.3 Å². The van der Waals surface area contributed by atoms with Crippen LogP contribution in [0.1, 0.15) is 40.9 Å². The van der Waals surface area contributed by atoms with Crippen molar-refractivity contribution in [3.8, 4) is 0 Å². The van der Waals surface area contributed by atoms with Gasteiger partial charge in [-0.3, -0.25) is 4.79 Å². The lowest BCUT2D eigenvalue weighted by molar-refractivity contribution is 0.00606. The molecule has 2 nitrogen and oxygen atoms in total. The smallest absolute Gasteiger partial charge is 0.195 e. The number of methoxy groups -OCH3 is 1. The van der Waals surface area contributed by atoms with Crippen LogP contribution in [0.15, 0.2) is 11.4 Å². The minimum atomic E-state index is -0.520. The second kappa shape index (κ2) is 4.06. The number of hydrogen-bond acceptors (Lipinski definition) is 3. The van der Waals surface area contributed by atoms with E-state index >= 15 is 0 Å². The summed E-state index contributed by atoms with van der Waals surface area (Å²) in [4.78, 5) is 13.5. The van der Waals surface area contributed by atoms with Crippen LogP contribution in [0, 0.1) is 6.92 Å². The molecule has 0 aliphatic heterocycles. The Morgan fingerprint density at radius 1 is 1.47 bits per heavy atom. The Bertz CT molecular complexity index is 361. The summed E-state index contributed by atoms with van der Waals surface area (Å²) in [6.07, 6.45) is 3.94. The fourth-order valence-corrected chi connectivity index (χ4v) is 2.98. The van der Waals surface area contributed by atoms with Crippen molar-refractivity contribution in [3.05, 3.63) is 21.9 Å². The van der Waals surface area contributed by atoms with Crippen LogP contribution in [0.25, 0.3) is 0 Å². The van der Waals surface area contributed by atoms with E-state index in [2.05, 4.69) is 0 Å². The summed E-state index contributed by atoms with van der Waals surface area (Å²) in [5, 5.41) is 1.94. The molecule has 2 rings (SSSR count). The first-order valence-corrected chi connectivity index (χ1v) is 6.21. The molecule has 0 saturated heterocycles. The third-order valence-corrected chi connectivity index (χ3v) is 4.07. The van der Waals surface area contributed by atoms with Gasteiger partial charge >= 0.3 is 0 Å². The highest BCUT2D eigenvalue weighted by molar-refractivity contribution is 7.10. The van der Waals surface area contributed by atoms with Crippen molar-refractivity contribution < 1.29 is 9.53 Å². The van der Waals surface area contributed by atoms with Crippen molar-refractivity contribution in [1.82, 2.24) is 0 Å². The van der Waals surface area contributed by atoms with Gasteiger partial charge in [-0.15, -0.1) is 11.3 Å². The molecule has 15 heavy (non-hydrogen) atoms. The third-order valence-electron chi connectivity index (χ3n) is 3.21. The Morgan fingerprint density at radius 2 is 2.13 bits per heavy atom. The normalized spacial score (nSPS) is 19.3. The fraction of sp³-hybridized carbons (Fsp3) is 0.583. The quantitative estimate of drug-likeness (QED) is 0.737. The first-order valence-electron chi connectivity index (χ1n) is 5.33. The number of Topliss-reactive ketones (excluding diaryl/α,β-unsaturated/α-hetero) is 1. The maximum absolute atomic E-state index is 12.3. The van der Waals surface area contributed by atoms with Crippen LogP contribution in [0.4, 0.5) is 0 Å². The summed E-state index contributed by atoms with van der Waals surface area (Å²) in [6, 6.07) is 1.96. The molecule has 0 unspecified atom stereocenters. The molecule has 82 valence electrons. The number of thiophene rings is 1. The topological polar surface area (TPSA) is 26.3 Å². The highest BCUT2D eigenvalue weighted by atomic mass is 32.1. The van der Waals surface area contributed by atoms with E-state index in [1.807, 2.05) is 18.4 Å². The Morgan fingerprint density at radius 3 is 2.60 bits per heavy atom. The lowest BCUT2D eigenvalue weighted by Crippen LogP contribution is -2.37. The van der Waals surface area contributed by atoms with E-state index in [0.717, 1.165) is 31.2 Å². The molecule has 3 heteroatoms. The lowest BCUT2D eigenvalue weighted by Gasteiger charge is -2.25. The summed E-state index contributed by atoms with van der Waals surface area (Å²) in [5.74, 6) is 0.173. The molecular formula is C12H16O2S. The third kappa shape index (κ3) is 1.86. The highest BCUT2D eigenvalue weighted by Gasteiger charge is 2.41. The first kappa shape index (κ1) is 10.8. The van der Waals surface area contributed by atoms with Gasteiger partial charge in [-0.1, -0.05) is 0 Å². The highest BCUT2D eigenvalue weighted by Crippen LogP contribution is 2.36. The maximum Gasteiger partial charge on any atom is 0.195 e. The molecule has 1 fully saturated rings. The number of carbonyl (C=O) groups excluding carboxylic acids is 1. The van der Waals surface area contributed by atoms with Crippen molar-refractivity contribution in [3.63, 3.8) is 0 Å². The van der Waals surface area contributed by atoms with Gasteiger partial charge in [0.2, 0.25) is 0 Å². The second-order valence-electron chi connectivity index (χ2n) is 4.18. The van der Waals surface area contributed by atoms with E-state index in [0.29, 0.717) is 0 Å². The van der Waals surface area contributed by atoms with E-state index < -0.39 is 5.60 Å². The summed E-state index contributed by atoms with van der Waals surface area (Å²) in [6.45, 7) is 2.02. The molecule has 1 aliphatic carbocycles. The van der Waals surface area contributed by atoms with E-state index in [4.69, 9.17) is 4.74 Å². The molecule has 0 spiro atoms. The Kier molecular flexibility index (Phi) is 2.94. The zero-order valence-electron chi connectivity index (χ0n) is 9.21. The SMILES string of the molecule is COC1(C(=O)c2csc(C)c2)CCCC1. The summed E-state index contributed by atoms with van der Waals surface area (Å²) >= 11 is 1.62. The fourth-order valence-electron chi connectivity index (χ4n) is 2.30. The molecule has 0 aromatic carbocycles. The summed E-state index contributed by atoms with van der Waals surface area (Å²) < 4.78 is 5.48. The van der Waals surface area contributed by atoms with E-state index in [9.17, 15) is 4.79 Å². The molecule has 1 aromatic rings. The van der Waals surface area contributed by atoms with Crippen LogP contribution in [-0.2, 0) is 4.74 Å². The standard InChI is InChI=1S/C12H16O2S/c1-9-7-10(8-15-9)11(13)12(14-2)5-3-4-6-12/h7-8H,3-6H2,1-2H3. The Balaban J connectivity index is 2.26. The van der Waals surface area contributed by atoms with Gasteiger partial charge in [0, 0.05) is 22.9 Å². The van der Waals surface area contributed by atoms with Gasteiger partial charge in [-0.25, -0.2) is 0 Å². The van der Waals surface area contributed by atoms with Gasteiger partial charge in [0.25, 0.3) is 0 Å². The molecule has 1 aliphatic rings. The molecule has 0 radical (unpaired) electrons. The van der Waals surface area contributed by atoms with E-state index in [-0.39, 0.29) is 5.78 Å². The molecule has 0 N–H and O–H groups in total. The molecule has 0 bridgehead atoms. The van der Waals surface area contributed by atoms with Crippen molar-refractivity contribution in [1.29, 1.82) is 0 Å². The monoisotopic (exact) mass is 224 g/mol. The molecule has 1 heterocycles. The van der Waals surface area contributed by atoms with Crippen LogP contribution in [0.2, 0.25) is 0 Å². The van der Waals surface area contributed by atoms with Crippen molar-refractivity contribution in [2.45, 2.75) is 38.2 Å². The maximum atomic E-state index is 12.3. The molecule has 1 saturated carbocycles. The van der Waals surface area contributed by atoms with Crippen LogP contribution in [0.3, 0.4) is 0 Å². The van der Waals surface area contributed by atoms with Crippen LogP contribution < -0.4 is 0 Å². The van der Waals surface area contributed by atoms with Crippen LogP contribution in [-0.4, -0.2) is 18.5 Å². The first-order chi connectivity index (χ1) is 7.18. The summed E-state index contributed by atoms with van der Waals surface area (Å²) in [5.41, 5.74) is 0.300. The minimum Gasteiger partial charge on any atom is -0.370 e. The number of carbonyl (C=O) groups is 1. The largest absolute Gasteiger partial charge is 0.370 e. The molecule has 0 atom stereocenters. The number of aryl methyl sites for hydroxylation is 1. The van der Waals surface area contributed by atoms with Crippen molar-refractivity contribution >= 4 is 17.1 Å². The van der Waals surface area contributed by atoms with Crippen molar-refractivity contribution in [2.75, 3.05) is 7.11 Å². The number of ether oxygens (including phenoxy) is 1. The predicted molar refractivity (Wildman–Crippen MR) is 61.6 cm³/mol. The number of hydrogen-bond donors (Lipinski definition) is 0. The average molecular weight is 224 g/mol. The zero-order valence-corrected chi connectivity index (χ0v) is 10.0. The number of rotatable bonds is 3. The number of ketones is 1. The van der Waals surface area contributed by atoms with Crippen molar-refractivity contribution in [2.24, 2.45) is 0 Å². The summed E-state index contributed by atoms with van der Waals surface area (Å²) in [7, 11) is 1.66. The molecule has 1 aromatic heterocycles. The van der Waals surface area contributed by atoms with Gasteiger partial charge in [0.15, 0.2) is 5.78 Å². The average Bonchev–Trinajstić information content (AvgIpc) is 2.86. The predicted octanol–water partition coefficient (Wildman–Crippen LogP) is 3.20. The van der Waals surface area contributed by atoms with E-state index in [1.54, 1.807) is 18.4 Å². The zero-order chi connectivity index (χ0) is 10.9. The molecule has 0 amide bonds. The van der Waals surface area contributed by atoms with Gasteiger partial charge in [-0.05, 0) is 38.7 Å². The Hall–Kier alpha value is -0.670. The van der Waals surface area contributed by atoms with Gasteiger partial charge in [0.1, 0.15) is 5.60 Å². The van der Waals surface area contributed by atoms with E-state index in [1.165, 1.54) is 4.88 Å². The molecular weight excluding hydrogens is 208 g/mol. The van der Waals surface area contributed by atoms with Gasteiger partial charge in [-0.2, -0.15) is 0 Å². The van der Waals surface area contributed by atoms with Gasteiger partial charge < -0.3 is 4.74 Å².